The molecule has 0 fully saturated rings. The zero-order valence-electron chi connectivity index (χ0n) is 11.0. The fraction of sp³-hybridized carbons (Fsp3) is 0.0667. The molecule has 0 bridgehead atoms. The summed E-state index contributed by atoms with van der Waals surface area (Å²) in [5.74, 6) is -0.512. The van der Waals surface area contributed by atoms with Crippen LogP contribution in [0.3, 0.4) is 0 Å². The minimum atomic E-state index is -0.512. The van der Waals surface area contributed by atoms with Crippen LogP contribution in [0.1, 0.15) is 5.56 Å². The Hall–Kier alpha value is -3.20. The van der Waals surface area contributed by atoms with E-state index in [9.17, 15) is 4.79 Å². The highest BCUT2D eigenvalue weighted by Crippen LogP contribution is 2.27. The fourth-order valence-corrected chi connectivity index (χ4v) is 2.07. The van der Waals surface area contributed by atoms with Crippen LogP contribution in [0.5, 0.6) is 0 Å². The highest BCUT2D eigenvalue weighted by molar-refractivity contribution is 5.87. The van der Waals surface area contributed by atoms with Gasteiger partial charge in [0, 0.05) is 11.8 Å². The van der Waals surface area contributed by atoms with Gasteiger partial charge in [0.15, 0.2) is 5.58 Å². The van der Waals surface area contributed by atoms with E-state index in [1.165, 1.54) is 0 Å². The molecule has 1 aromatic heterocycles. The maximum absolute atomic E-state index is 11.2. The molecule has 1 heterocycles. The zero-order valence-corrected chi connectivity index (χ0v) is 11.0. The molecule has 0 aliphatic rings. The van der Waals surface area contributed by atoms with Crippen LogP contribution >= 0.6 is 0 Å². The van der Waals surface area contributed by atoms with E-state index in [2.05, 4.69) is 16.4 Å². The first-order chi connectivity index (χ1) is 10.2. The highest BCUT2D eigenvalue weighted by atomic mass is 16.4. The number of benzene rings is 2. The van der Waals surface area contributed by atoms with Crippen LogP contribution < -0.4 is 16.8 Å². The second-order valence-corrected chi connectivity index (χ2v) is 4.61. The first-order valence-corrected chi connectivity index (χ1v) is 6.31. The number of hydrogen-bond donors (Lipinski definition) is 3. The van der Waals surface area contributed by atoms with E-state index in [-0.39, 0.29) is 0 Å². The van der Waals surface area contributed by atoms with Crippen LogP contribution in [0.25, 0.3) is 11.1 Å². The monoisotopic (exact) mass is 280 g/mol. The van der Waals surface area contributed by atoms with Crippen LogP contribution in [0.4, 0.5) is 17.1 Å². The Morgan fingerprint density at radius 3 is 2.76 bits per heavy atom. The topological polar surface area (TPSA) is 108 Å². The van der Waals surface area contributed by atoms with Gasteiger partial charge in [0.05, 0.1) is 29.4 Å². The predicted molar refractivity (Wildman–Crippen MR) is 80.3 cm³/mol. The number of anilines is 3. The Balaban J connectivity index is 1.91. The number of nitrogens with two attached hydrogens (primary N) is 1. The standard InChI is InChI=1S/C15H12N4O2/c16-6-5-9-1-3-10(4-2-9)18-12-8-13-14(7-11(12)17)21-15(20)19-13/h1-4,7-8,18H,5,17H2,(H,19,20). The number of hydrogen-bond acceptors (Lipinski definition) is 5. The lowest BCUT2D eigenvalue weighted by atomic mass is 10.1. The fourth-order valence-electron chi connectivity index (χ4n) is 2.07. The molecule has 21 heavy (non-hydrogen) atoms. The molecule has 0 atom stereocenters. The van der Waals surface area contributed by atoms with Gasteiger partial charge in [0.1, 0.15) is 0 Å². The molecule has 0 amide bonds. The Morgan fingerprint density at radius 2 is 2.05 bits per heavy atom. The van der Waals surface area contributed by atoms with Crippen LogP contribution in [-0.2, 0) is 6.42 Å². The summed E-state index contributed by atoms with van der Waals surface area (Å²) in [6.45, 7) is 0. The second kappa shape index (κ2) is 5.06. The van der Waals surface area contributed by atoms with Gasteiger partial charge in [-0.25, -0.2) is 4.79 Å². The van der Waals surface area contributed by atoms with Crippen LogP contribution in [0, 0.1) is 11.3 Å². The Labute approximate surface area is 119 Å². The first-order valence-electron chi connectivity index (χ1n) is 6.31. The molecule has 0 saturated carbocycles. The lowest BCUT2D eigenvalue weighted by molar-refractivity contribution is 0.555. The Kier molecular flexibility index (Phi) is 3.09. The highest BCUT2D eigenvalue weighted by Gasteiger charge is 2.07. The minimum absolute atomic E-state index is 0.380. The van der Waals surface area contributed by atoms with E-state index in [0.717, 1.165) is 11.3 Å². The number of aromatic nitrogens is 1. The average Bonchev–Trinajstić information content (AvgIpc) is 2.81. The summed E-state index contributed by atoms with van der Waals surface area (Å²) >= 11 is 0. The minimum Gasteiger partial charge on any atom is -0.408 e. The largest absolute Gasteiger partial charge is 0.417 e. The Bertz CT molecular complexity index is 885. The summed E-state index contributed by atoms with van der Waals surface area (Å²) in [4.78, 5) is 13.7. The molecule has 104 valence electrons. The van der Waals surface area contributed by atoms with Gasteiger partial charge in [0.25, 0.3) is 0 Å². The molecule has 4 N–H and O–H groups in total. The molecule has 3 aromatic rings. The molecule has 0 saturated heterocycles. The van der Waals surface area contributed by atoms with E-state index in [1.807, 2.05) is 24.3 Å². The number of aromatic amines is 1. The van der Waals surface area contributed by atoms with Crippen molar-refractivity contribution in [3.05, 3.63) is 52.5 Å². The van der Waals surface area contributed by atoms with Crippen LogP contribution in [0.2, 0.25) is 0 Å². The van der Waals surface area contributed by atoms with Gasteiger partial charge in [-0.2, -0.15) is 5.26 Å². The molecular weight excluding hydrogens is 268 g/mol. The first kappa shape index (κ1) is 12.8. The number of rotatable bonds is 3. The number of nitriles is 1. The van der Waals surface area contributed by atoms with Gasteiger partial charge < -0.3 is 15.5 Å². The van der Waals surface area contributed by atoms with Crippen LogP contribution in [0.15, 0.2) is 45.6 Å². The normalized spacial score (nSPS) is 10.4. The maximum Gasteiger partial charge on any atom is 0.417 e. The van der Waals surface area contributed by atoms with Gasteiger partial charge >= 0.3 is 5.76 Å². The molecule has 6 heteroatoms. The summed E-state index contributed by atoms with van der Waals surface area (Å²) in [5.41, 5.74) is 9.89. The van der Waals surface area contributed by atoms with E-state index in [1.54, 1.807) is 12.1 Å². The number of nitrogen functional groups attached to an aromatic ring is 1. The lowest BCUT2D eigenvalue weighted by Crippen LogP contribution is -1.97. The lowest BCUT2D eigenvalue weighted by Gasteiger charge is -2.09. The molecule has 0 radical (unpaired) electrons. The van der Waals surface area contributed by atoms with E-state index >= 15 is 0 Å². The van der Waals surface area contributed by atoms with E-state index in [0.29, 0.717) is 28.9 Å². The second-order valence-electron chi connectivity index (χ2n) is 4.61. The van der Waals surface area contributed by atoms with Crippen molar-refractivity contribution in [2.45, 2.75) is 6.42 Å². The Morgan fingerprint density at radius 1 is 1.29 bits per heavy atom. The molecule has 2 aromatic carbocycles. The number of H-pyrrole nitrogens is 1. The molecule has 0 aliphatic carbocycles. The smallest absolute Gasteiger partial charge is 0.408 e. The van der Waals surface area contributed by atoms with Gasteiger partial charge in [-0.1, -0.05) is 12.1 Å². The molecule has 0 aliphatic heterocycles. The van der Waals surface area contributed by atoms with Gasteiger partial charge in [0.2, 0.25) is 0 Å². The van der Waals surface area contributed by atoms with Gasteiger partial charge in [-0.15, -0.1) is 0 Å². The molecule has 0 unspecified atom stereocenters. The van der Waals surface area contributed by atoms with Crippen molar-refractivity contribution < 1.29 is 4.42 Å². The molecule has 3 rings (SSSR count). The van der Waals surface area contributed by atoms with Crippen molar-refractivity contribution in [2.24, 2.45) is 0 Å². The van der Waals surface area contributed by atoms with Crippen LogP contribution in [-0.4, -0.2) is 4.98 Å². The van der Waals surface area contributed by atoms with Crippen molar-refractivity contribution in [1.29, 1.82) is 5.26 Å². The summed E-state index contributed by atoms with van der Waals surface area (Å²) in [7, 11) is 0. The number of fused-ring (bicyclic) bond motifs is 1. The maximum atomic E-state index is 11.2. The number of nitrogens with zero attached hydrogens (tertiary/aromatic N) is 1. The molecule has 6 nitrogen and oxygen atoms in total. The summed E-state index contributed by atoms with van der Waals surface area (Å²) < 4.78 is 4.95. The third-order valence-electron chi connectivity index (χ3n) is 3.11. The molecule has 0 spiro atoms. The van der Waals surface area contributed by atoms with Crippen molar-refractivity contribution in [3.63, 3.8) is 0 Å². The summed E-state index contributed by atoms with van der Waals surface area (Å²) in [6, 6.07) is 12.9. The van der Waals surface area contributed by atoms with Crippen molar-refractivity contribution >= 4 is 28.2 Å². The van der Waals surface area contributed by atoms with Gasteiger partial charge in [-0.3, -0.25) is 4.98 Å². The van der Waals surface area contributed by atoms with Crippen molar-refractivity contribution in [2.75, 3.05) is 11.1 Å². The number of oxazole rings is 1. The predicted octanol–water partition coefficient (Wildman–Crippen LogP) is 2.51. The van der Waals surface area contributed by atoms with E-state index < -0.39 is 5.76 Å². The quantitative estimate of drug-likeness (QED) is 0.639. The number of nitrogens with one attached hydrogen (secondary N) is 2. The average molecular weight is 280 g/mol. The van der Waals surface area contributed by atoms with Gasteiger partial charge in [-0.05, 0) is 23.8 Å². The summed E-state index contributed by atoms with van der Waals surface area (Å²) in [5, 5.41) is 11.8. The van der Waals surface area contributed by atoms with Crippen molar-refractivity contribution in [1.82, 2.24) is 4.98 Å². The molecular formula is C15H12N4O2. The summed E-state index contributed by atoms with van der Waals surface area (Å²) in [6.07, 6.45) is 0.380. The zero-order chi connectivity index (χ0) is 14.8. The third kappa shape index (κ3) is 2.58. The third-order valence-corrected chi connectivity index (χ3v) is 3.11. The van der Waals surface area contributed by atoms with Crippen molar-refractivity contribution in [3.8, 4) is 6.07 Å². The van der Waals surface area contributed by atoms with E-state index in [4.69, 9.17) is 15.4 Å². The SMILES string of the molecule is N#CCc1ccc(Nc2cc3[nH]c(=O)oc3cc2N)cc1.